The predicted molar refractivity (Wildman–Crippen MR) is 150 cm³/mol. The number of aromatic nitrogens is 5. The van der Waals surface area contributed by atoms with Crippen LogP contribution in [-0.4, -0.2) is 25.0 Å². The van der Waals surface area contributed by atoms with Crippen molar-refractivity contribution >= 4 is 21.8 Å². The van der Waals surface area contributed by atoms with Gasteiger partial charge in [-0.3, -0.25) is 0 Å². The van der Waals surface area contributed by atoms with Gasteiger partial charge >= 0.3 is 0 Å². The molecule has 0 atom stereocenters. The molecule has 4 aromatic carbocycles. The highest BCUT2D eigenvalue weighted by molar-refractivity contribution is 6.00. The largest absolute Gasteiger partial charge is 0.338 e. The van der Waals surface area contributed by atoms with E-state index in [0.717, 1.165) is 28.1 Å². The van der Waals surface area contributed by atoms with Gasteiger partial charge in [-0.1, -0.05) is 72.7 Å². The lowest BCUT2D eigenvalue weighted by atomic mass is 9.80. The Balaban J connectivity index is 1.64. The number of aromatic amines is 1. The summed E-state index contributed by atoms with van der Waals surface area (Å²) in [7, 11) is 0. The van der Waals surface area contributed by atoms with Gasteiger partial charge in [-0.15, -0.1) is 5.10 Å². The number of rotatable bonds is 4. The van der Waals surface area contributed by atoms with Crippen LogP contribution in [0.25, 0.3) is 50.0 Å². The molecule has 0 unspecified atom stereocenters. The van der Waals surface area contributed by atoms with E-state index in [2.05, 4.69) is 83.7 Å². The van der Waals surface area contributed by atoms with Crippen LogP contribution in [0.1, 0.15) is 48.3 Å². The Kier molecular flexibility index (Phi) is 5.17. The van der Waals surface area contributed by atoms with E-state index < -0.39 is 0 Å². The van der Waals surface area contributed by atoms with Crippen molar-refractivity contribution in [2.75, 3.05) is 0 Å². The number of nitrogens with one attached hydrogen (secondary N) is 1. The van der Waals surface area contributed by atoms with Gasteiger partial charge < -0.3 is 4.98 Å². The average Bonchev–Trinajstić information content (AvgIpc) is 3.71. The summed E-state index contributed by atoms with van der Waals surface area (Å²) in [4.78, 5) is 8.67. The first kappa shape index (κ1) is 22.0. The van der Waals surface area contributed by atoms with Gasteiger partial charge in [0.05, 0.1) is 29.1 Å². The highest BCUT2D eigenvalue weighted by Crippen LogP contribution is 2.49. The number of nitrogens with zero attached hydrogens (tertiary/aromatic N) is 4. The Morgan fingerprint density at radius 1 is 0.838 bits per heavy atom. The molecular formula is C32H29N5. The van der Waals surface area contributed by atoms with Crippen LogP contribution < -0.4 is 0 Å². The van der Waals surface area contributed by atoms with Crippen molar-refractivity contribution in [3.05, 3.63) is 95.8 Å². The summed E-state index contributed by atoms with van der Waals surface area (Å²) in [5.41, 5.74) is 10.8. The molecule has 2 heterocycles. The van der Waals surface area contributed by atoms with Crippen molar-refractivity contribution in [3.63, 3.8) is 0 Å². The van der Waals surface area contributed by atoms with E-state index in [0.29, 0.717) is 5.92 Å². The monoisotopic (exact) mass is 483 g/mol. The maximum atomic E-state index is 5.06. The number of fused-ring (bicyclic) bond motifs is 2. The Hall–Kier alpha value is -4.25. The Bertz CT molecular complexity index is 1720. The molecule has 0 radical (unpaired) electrons. The summed E-state index contributed by atoms with van der Waals surface area (Å²) < 4.78 is 1.97. The van der Waals surface area contributed by atoms with Crippen LogP contribution >= 0.6 is 0 Å². The van der Waals surface area contributed by atoms with E-state index >= 15 is 0 Å². The summed E-state index contributed by atoms with van der Waals surface area (Å²) >= 11 is 0. The molecule has 0 aliphatic heterocycles. The van der Waals surface area contributed by atoms with E-state index in [1.165, 1.54) is 64.3 Å². The predicted octanol–water partition coefficient (Wildman–Crippen LogP) is 7.91. The zero-order chi connectivity index (χ0) is 24.9. The minimum atomic E-state index is 0.454. The highest BCUT2D eigenvalue weighted by Gasteiger charge is 2.31. The molecule has 0 saturated heterocycles. The van der Waals surface area contributed by atoms with Gasteiger partial charge in [0.1, 0.15) is 5.82 Å². The van der Waals surface area contributed by atoms with Gasteiger partial charge in [-0.2, -0.15) is 0 Å². The molecule has 182 valence electrons. The van der Waals surface area contributed by atoms with Crippen LogP contribution in [0, 0.1) is 13.8 Å². The molecule has 1 fully saturated rings. The molecule has 1 saturated carbocycles. The summed E-state index contributed by atoms with van der Waals surface area (Å²) in [6.45, 7) is 4.51. The lowest BCUT2D eigenvalue weighted by Gasteiger charge is -2.27. The quantitative estimate of drug-likeness (QED) is 0.277. The zero-order valence-corrected chi connectivity index (χ0v) is 21.2. The molecule has 5 nitrogen and oxygen atoms in total. The van der Waals surface area contributed by atoms with Crippen molar-refractivity contribution < 1.29 is 0 Å². The fourth-order valence-corrected chi connectivity index (χ4v) is 6.34. The fourth-order valence-electron chi connectivity index (χ4n) is 6.34. The van der Waals surface area contributed by atoms with Crippen molar-refractivity contribution in [1.29, 1.82) is 0 Å². The summed E-state index contributed by atoms with van der Waals surface area (Å²) in [5, 5.41) is 11.3. The molecule has 1 N–H and O–H groups in total. The Morgan fingerprint density at radius 3 is 2.41 bits per heavy atom. The first-order valence-corrected chi connectivity index (χ1v) is 13.2. The van der Waals surface area contributed by atoms with Crippen molar-refractivity contribution in [2.45, 2.75) is 45.4 Å². The van der Waals surface area contributed by atoms with E-state index in [1.54, 1.807) is 6.20 Å². The van der Waals surface area contributed by atoms with Gasteiger partial charge in [0.15, 0.2) is 0 Å². The maximum Gasteiger partial charge on any atom is 0.140 e. The maximum absolute atomic E-state index is 5.06. The zero-order valence-electron chi connectivity index (χ0n) is 21.2. The second-order valence-corrected chi connectivity index (χ2v) is 10.2. The van der Waals surface area contributed by atoms with Crippen molar-refractivity contribution in [1.82, 2.24) is 25.0 Å². The van der Waals surface area contributed by atoms with Crippen molar-refractivity contribution in [3.8, 4) is 28.2 Å². The summed E-state index contributed by atoms with van der Waals surface area (Å²) in [6, 6.07) is 23.6. The fraction of sp³-hybridized carbons (Fsp3) is 0.219. The highest BCUT2D eigenvalue weighted by atomic mass is 15.4. The average molecular weight is 484 g/mol. The molecule has 7 rings (SSSR count). The third kappa shape index (κ3) is 3.49. The standard InChI is InChI=1S/C32H29N5/c1-20-21(2)29(32-34-26-16-7-8-17-27(26)35-32)31(37-19-18-33-36-37)30(23-11-3-4-12-23)28(20)25-15-9-13-22-10-5-6-14-24(22)25/h5-10,13-19,23H,3-4,11-12H2,1-2H3,(H,34,35). The lowest BCUT2D eigenvalue weighted by Crippen LogP contribution is -2.12. The Labute approximate surface area is 216 Å². The van der Waals surface area contributed by atoms with Crippen LogP contribution in [0.5, 0.6) is 0 Å². The minimum Gasteiger partial charge on any atom is -0.338 e. The van der Waals surface area contributed by atoms with Gasteiger partial charge in [0, 0.05) is 5.56 Å². The van der Waals surface area contributed by atoms with Crippen molar-refractivity contribution in [2.24, 2.45) is 0 Å². The second-order valence-electron chi connectivity index (χ2n) is 10.2. The van der Waals surface area contributed by atoms with Crippen LogP contribution in [0.3, 0.4) is 0 Å². The number of imidazole rings is 1. The van der Waals surface area contributed by atoms with Crippen LogP contribution in [0.4, 0.5) is 0 Å². The molecule has 0 spiro atoms. The topological polar surface area (TPSA) is 59.4 Å². The summed E-state index contributed by atoms with van der Waals surface area (Å²) in [6.07, 6.45) is 8.62. The molecule has 1 aliphatic rings. The SMILES string of the molecule is Cc1c(C)c(-c2nc3ccccc3[nH]2)c(-n2ccnn2)c(C2CCCC2)c1-c1cccc2ccccc12. The molecule has 2 aromatic heterocycles. The molecule has 0 amide bonds. The van der Waals surface area contributed by atoms with Gasteiger partial charge in [-0.05, 0) is 83.3 Å². The molecule has 5 heteroatoms. The van der Waals surface area contributed by atoms with Crippen LogP contribution in [0.2, 0.25) is 0 Å². The number of H-pyrrole nitrogens is 1. The molecular weight excluding hydrogens is 454 g/mol. The molecule has 37 heavy (non-hydrogen) atoms. The number of hydrogen-bond donors (Lipinski definition) is 1. The van der Waals surface area contributed by atoms with Gasteiger partial charge in [-0.25, -0.2) is 9.67 Å². The summed E-state index contributed by atoms with van der Waals surface area (Å²) in [5.74, 6) is 1.34. The van der Waals surface area contributed by atoms with Crippen LogP contribution in [0.15, 0.2) is 79.1 Å². The van der Waals surface area contributed by atoms with E-state index in [1.807, 2.05) is 23.0 Å². The molecule has 0 bridgehead atoms. The van der Waals surface area contributed by atoms with E-state index in [-0.39, 0.29) is 0 Å². The van der Waals surface area contributed by atoms with E-state index in [4.69, 9.17) is 4.98 Å². The van der Waals surface area contributed by atoms with Crippen LogP contribution in [-0.2, 0) is 0 Å². The smallest absolute Gasteiger partial charge is 0.140 e. The second kappa shape index (κ2) is 8.70. The van der Waals surface area contributed by atoms with Gasteiger partial charge in [0.2, 0.25) is 0 Å². The third-order valence-corrected chi connectivity index (χ3v) is 8.17. The van der Waals surface area contributed by atoms with Gasteiger partial charge in [0.25, 0.3) is 0 Å². The normalized spacial score (nSPS) is 14.2. The first-order chi connectivity index (χ1) is 18.2. The number of hydrogen-bond acceptors (Lipinski definition) is 3. The number of benzene rings is 4. The van der Waals surface area contributed by atoms with E-state index in [9.17, 15) is 0 Å². The molecule has 6 aromatic rings. The lowest BCUT2D eigenvalue weighted by molar-refractivity contribution is 0.702. The minimum absolute atomic E-state index is 0.454. The molecule has 1 aliphatic carbocycles. The number of para-hydroxylation sites is 2. The third-order valence-electron chi connectivity index (χ3n) is 8.17. The Morgan fingerprint density at radius 2 is 1.59 bits per heavy atom. The first-order valence-electron chi connectivity index (χ1n) is 13.2.